The van der Waals surface area contributed by atoms with E-state index in [9.17, 15) is 13.9 Å². The van der Waals surface area contributed by atoms with Gasteiger partial charge in [-0.3, -0.25) is 0 Å². The monoisotopic (exact) mass is 275 g/mol. The third-order valence-corrected chi connectivity index (χ3v) is 4.07. The lowest BCUT2D eigenvalue weighted by atomic mass is 9.97. The van der Waals surface area contributed by atoms with Crippen molar-refractivity contribution < 1.29 is 13.9 Å². The number of aliphatic hydroxyl groups is 1. The zero-order valence-corrected chi connectivity index (χ0v) is 11.7. The molecule has 0 radical (unpaired) electrons. The lowest BCUT2D eigenvalue weighted by molar-refractivity contribution is 0.174. The van der Waals surface area contributed by atoms with Crippen LogP contribution in [0.5, 0.6) is 0 Å². The van der Waals surface area contributed by atoms with Gasteiger partial charge < -0.3 is 10.4 Å². The van der Waals surface area contributed by atoms with Crippen LogP contribution in [0.4, 0.5) is 8.78 Å². The van der Waals surface area contributed by atoms with Crippen LogP contribution in [0.1, 0.15) is 20.3 Å². The second kappa shape index (κ2) is 6.50. The summed E-state index contributed by atoms with van der Waals surface area (Å²) in [6, 6.07) is 3.58. The van der Waals surface area contributed by atoms with Gasteiger partial charge in [0.1, 0.15) is 11.6 Å². The molecule has 1 aromatic carbocycles. The molecule has 0 aromatic heterocycles. The summed E-state index contributed by atoms with van der Waals surface area (Å²) in [5, 5.41) is 12.5. The predicted octanol–water partition coefficient (Wildman–Crippen LogP) is 2.81. The summed E-state index contributed by atoms with van der Waals surface area (Å²) in [5.74, 6) is -1.11. The highest BCUT2D eigenvalue weighted by atomic mass is 32.2. The molecule has 18 heavy (non-hydrogen) atoms. The molecule has 2 nitrogen and oxygen atoms in total. The Kier molecular flexibility index (Phi) is 5.56. The van der Waals surface area contributed by atoms with Crippen molar-refractivity contribution in [3.63, 3.8) is 0 Å². The van der Waals surface area contributed by atoms with Crippen LogP contribution in [0.2, 0.25) is 0 Å². The maximum atomic E-state index is 13.5. The van der Waals surface area contributed by atoms with Crippen LogP contribution in [0.15, 0.2) is 23.1 Å². The predicted molar refractivity (Wildman–Crippen MR) is 70.8 cm³/mol. The average Bonchev–Trinajstić information content (AvgIpc) is 2.32. The van der Waals surface area contributed by atoms with Crippen LogP contribution in [0.25, 0.3) is 0 Å². The molecule has 0 spiro atoms. The number of thioether (sulfide) groups is 1. The Bertz CT molecular complexity index is 397. The zero-order valence-electron chi connectivity index (χ0n) is 10.8. The number of halogens is 2. The summed E-state index contributed by atoms with van der Waals surface area (Å²) < 4.78 is 26.3. The number of benzene rings is 1. The summed E-state index contributed by atoms with van der Waals surface area (Å²) in [4.78, 5) is 0.431. The van der Waals surface area contributed by atoms with Crippen molar-refractivity contribution in [1.29, 1.82) is 0 Å². The Hall–Kier alpha value is -0.650. The molecule has 2 unspecified atom stereocenters. The number of hydrogen-bond acceptors (Lipinski definition) is 3. The van der Waals surface area contributed by atoms with E-state index in [-0.39, 0.29) is 17.4 Å². The van der Waals surface area contributed by atoms with E-state index < -0.39 is 11.6 Å². The molecule has 2 N–H and O–H groups in total. The van der Waals surface area contributed by atoms with Crippen molar-refractivity contribution in [2.45, 2.75) is 36.0 Å². The van der Waals surface area contributed by atoms with Gasteiger partial charge in [-0.25, -0.2) is 8.78 Å². The fraction of sp³-hybridized carbons (Fsp3) is 0.538. The largest absolute Gasteiger partial charge is 0.394 e. The molecule has 102 valence electrons. The van der Waals surface area contributed by atoms with E-state index in [2.05, 4.69) is 5.32 Å². The van der Waals surface area contributed by atoms with Crippen LogP contribution in [-0.2, 0) is 0 Å². The summed E-state index contributed by atoms with van der Waals surface area (Å²) in [6.07, 6.45) is 0.682. The molecule has 5 heteroatoms. The standard InChI is InChI=1S/C13H19F2NOS/c1-9(7-13(2,8-17)16-3)18-12-5-4-10(14)6-11(12)15/h4-6,9,16-17H,7-8H2,1-3H3. The lowest BCUT2D eigenvalue weighted by Gasteiger charge is -2.29. The molecular weight excluding hydrogens is 256 g/mol. The molecule has 0 bridgehead atoms. The van der Waals surface area contributed by atoms with Crippen LogP contribution in [-0.4, -0.2) is 29.5 Å². The van der Waals surface area contributed by atoms with E-state index in [0.717, 1.165) is 6.07 Å². The Morgan fingerprint density at radius 1 is 1.44 bits per heavy atom. The summed E-state index contributed by atoms with van der Waals surface area (Å²) in [6.45, 7) is 3.88. The Morgan fingerprint density at radius 3 is 2.61 bits per heavy atom. The molecule has 0 aliphatic rings. The van der Waals surface area contributed by atoms with E-state index in [0.29, 0.717) is 11.3 Å². The zero-order chi connectivity index (χ0) is 13.8. The lowest BCUT2D eigenvalue weighted by Crippen LogP contribution is -2.45. The molecule has 1 rings (SSSR count). The van der Waals surface area contributed by atoms with E-state index in [4.69, 9.17) is 0 Å². The third-order valence-electron chi connectivity index (χ3n) is 2.91. The highest BCUT2D eigenvalue weighted by Crippen LogP contribution is 2.30. The first-order valence-corrected chi connectivity index (χ1v) is 6.69. The van der Waals surface area contributed by atoms with Gasteiger partial charge in [0.25, 0.3) is 0 Å². The SMILES string of the molecule is CNC(C)(CO)CC(C)Sc1ccc(F)cc1F. The first-order valence-electron chi connectivity index (χ1n) is 5.81. The van der Waals surface area contributed by atoms with Gasteiger partial charge in [0.05, 0.1) is 6.61 Å². The first-order chi connectivity index (χ1) is 8.40. The average molecular weight is 275 g/mol. The van der Waals surface area contributed by atoms with Crippen molar-refractivity contribution in [3.8, 4) is 0 Å². The van der Waals surface area contributed by atoms with Gasteiger partial charge in [0.2, 0.25) is 0 Å². The van der Waals surface area contributed by atoms with Gasteiger partial charge in [0.15, 0.2) is 0 Å². The number of nitrogens with one attached hydrogen (secondary N) is 1. The second-order valence-electron chi connectivity index (χ2n) is 4.68. The van der Waals surface area contributed by atoms with Crippen molar-refractivity contribution in [3.05, 3.63) is 29.8 Å². The molecule has 0 heterocycles. The number of hydrogen-bond donors (Lipinski definition) is 2. The fourth-order valence-electron chi connectivity index (χ4n) is 1.71. The van der Waals surface area contributed by atoms with Crippen LogP contribution < -0.4 is 5.32 Å². The molecule has 2 atom stereocenters. The quantitative estimate of drug-likeness (QED) is 0.783. The molecule has 0 saturated heterocycles. The minimum absolute atomic E-state index is 0.0142. The smallest absolute Gasteiger partial charge is 0.139 e. The van der Waals surface area contributed by atoms with E-state index >= 15 is 0 Å². The van der Waals surface area contributed by atoms with Gasteiger partial charge in [-0.1, -0.05) is 6.92 Å². The van der Waals surface area contributed by atoms with Crippen molar-refractivity contribution >= 4 is 11.8 Å². The van der Waals surface area contributed by atoms with E-state index in [1.807, 2.05) is 13.8 Å². The van der Waals surface area contributed by atoms with Gasteiger partial charge in [-0.05, 0) is 32.5 Å². The maximum absolute atomic E-state index is 13.5. The van der Waals surface area contributed by atoms with Crippen LogP contribution >= 0.6 is 11.8 Å². The van der Waals surface area contributed by atoms with E-state index in [1.54, 1.807) is 7.05 Å². The van der Waals surface area contributed by atoms with Crippen LogP contribution in [0, 0.1) is 11.6 Å². The molecule has 0 fully saturated rings. The Morgan fingerprint density at radius 2 is 2.11 bits per heavy atom. The number of rotatable bonds is 6. The number of aliphatic hydroxyl groups excluding tert-OH is 1. The maximum Gasteiger partial charge on any atom is 0.139 e. The van der Waals surface area contributed by atoms with Gasteiger partial charge in [0, 0.05) is 21.8 Å². The summed E-state index contributed by atoms with van der Waals surface area (Å²) >= 11 is 1.34. The Balaban J connectivity index is 2.67. The number of likely N-dealkylation sites (N-methyl/N-ethyl adjacent to an activating group) is 1. The first kappa shape index (κ1) is 15.4. The molecule has 1 aromatic rings. The van der Waals surface area contributed by atoms with E-state index in [1.165, 1.54) is 23.9 Å². The second-order valence-corrected chi connectivity index (χ2v) is 6.16. The van der Waals surface area contributed by atoms with Gasteiger partial charge >= 0.3 is 0 Å². The molecule has 0 saturated carbocycles. The Labute approximate surface area is 111 Å². The molecule has 0 aliphatic carbocycles. The fourth-order valence-corrected chi connectivity index (χ4v) is 2.91. The van der Waals surface area contributed by atoms with Crippen LogP contribution in [0.3, 0.4) is 0 Å². The third kappa shape index (κ3) is 4.23. The highest BCUT2D eigenvalue weighted by Gasteiger charge is 2.24. The summed E-state index contributed by atoms with van der Waals surface area (Å²) in [7, 11) is 1.78. The topological polar surface area (TPSA) is 32.3 Å². The summed E-state index contributed by atoms with van der Waals surface area (Å²) in [5.41, 5.74) is -0.386. The van der Waals surface area contributed by atoms with Crippen molar-refractivity contribution in [1.82, 2.24) is 5.32 Å². The van der Waals surface area contributed by atoms with Crippen molar-refractivity contribution in [2.75, 3.05) is 13.7 Å². The molecular formula is C13H19F2NOS. The molecule has 0 aliphatic heterocycles. The highest BCUT2D eigenvalue weighted by molar-refractivity contribution is 8.00. The van der Waals surface area contributed by atoms with Crippen molar-refractivity contribution in [2.24, 2.45) is 0 Å². The minimum atomic E-state index is -0.570. The normalized spacial score (nSPS) is 16.3. The molecule has 0 amide bonds. The minimum Gasteiger partial charge on any atom is -0.394 e. The van der Waals surface area contributed by atoms with Gasteiger partial charge in [-0.15, -0.1) is 11.8 Å². The van der Waals surface area contributed by atoms with Gasteiger partial charge in [-0.2, -0.15) is 0 Å².